The van der Waals surface area contributed by atoms with Gasteiger partial charge < -0.3 is 9.88 Å². The summed E-state index contributed by atoms with van der Waals surface area (Å²) in [6, 6.07) is 10.7. The molecular weight excluding hydrogens is 472 g/mol. The van der Waals surface area contributed by atoms with Gasteiger partial charge in [-0.15, -0.1) is 0 Å². The second-order valence-corrected chi connectivity index (χ2v) is 11.4. The third-order valence-electron chi connectivity index (χ3n) is 6.74. The molecule has 1 aliphatic heterocycles. The van der Waals surface area contributed by atoms with E-state index in [2.05, 4.69) is 21.8 Å². The number of aromatic amines is 1. The van der Waals surface area contributed by atoms with Gasteiger partial charge in [0.2, 0.25) is 5.91 Å². The van der Waals surface area contributed by atoms with Gasteiger partial charge in [-0.25, -0.2) is 13.4 Å². The monoisotopic (exact) mass is 502 g/mol. The Morgan fingerprint density at radius 3 is 2.56 bits per heavy atom. The number of nitrogens with zero attached hydrogens (tertiary/aromatic N) is 3. The van der Waals surface area contributed by atoms with Crippen molar-refractivity contribution in [2.75, 3.05) is 25.4 Å². The highest BCUT2D eigenvalue weighted by Crippen LogP contribution is 2.24. The minimum Gasteiger partial charge on any atom is -0.348 e. The van der Waals surface area contributed by atoms with Crippen molar-refractivity contribution < 1.29 is 13.2 Å². The fraction of sp³-hybridized carbons (Fsp3) is 0.440. The summed E-state index contributed by atoms with van der Waals surface area (Å²) in [7, 11) is -3.56. The second kappa shape index (κ2) is 10.5. The zero-order chi connectivity index (χ0) is 24.3. The van der Waals surface area contributed by atoms with Crippen LogP contribution in [0.15, 0.2) is 47.6 Å². The van der Waals surface area contributed by atoms with Crippen molar-refractivity contribution in [1.29, 1.82) is 0 Å². The number of imidazole rings is 1. The average molecular weight is 503 g/mol. The van der Waals surface area contributed by atoms with Crippen molar-refractivity contribution in [3.05, 3.63) is 59.1 Å². The van der Waals surface area contributed by atoms with Crippen LogP contribution in [0.1, 0.15) is 37.6 Å². The van der Waals surface area contributed by atoms with Gasteiger partial charge in [0.1, 0.15) is 0 Å². The van der Waals surface area contributed by atoms with Gasteiger partial charge in [-0.2, -0.15) is 0 Å². The number of fused-ring (bicyclic) bond motifs is 1. The molecule has 0 atom stereocenters. The Morgan fingerprint density at radius 1 is 1.18 bits per heavy atom. The molecule has 0 aliphatic carbocycles. The molecule has 2 aromatic carbocycles. The van der Waals surface area contributed by atoms with Crippen molar-refractivity contribution >= 4 is 38.1 Å². The van der Waals surface area contributed by atoms with Crippen molar-refractivity contribution in [1.82, 2.24) is 19.8 Å². The van der Waals surface area contributed by atoms with Gasteiger partial charge in [0.15, 0.2) is 9.84 Å². The van der Waals surface area contributed by atoms with E-state index in [-0.39, 0.29) is 23.0 Å². The Labute approximate surface area is 206 Å². The van der Waals surface area contributed by atoms with E-state index >= 15 is 0 Å². The van der Waals surface area contributed by atoms with E-state index in [4.69, 9.17) is 11.6 Å². The van der Waals surface area contributed by atoms with Crippen LogP contribution in [0, 0.1) is 6.92 Å². The Bertz CT molecular complexity index is 1270. The molecule has 0 bridgehead atoms. The number of carbonyl (C=O) groups is 1. The molecule has 34 heavy (non-hydrogen) atoms. The molecule has 1 N–H and O–H groups in total. The third kappa shape index (κ3) is 5.62. The first-order valence-electron chi connectivity index (χ1n) is 11.7. The summed E-state index contributed by atoms with van der Waals surface area (Å²) in [6.45, 7) is 7.18. The molecule has 7 nitrogen and oxygen atoms in total. The number of nitrogens with one attached hydrogen (secondary N) is 1. The van der Waals surface area contributed by atoms with Crippen LogP contribution in [0.25, 0.3) is 10.8 Å². The summed E-state index contributed by atoms with van der Waals surface area (Å²) in [6.07, 6.45) is 3.48. The van der Waals surface area contributed by atoms with E-state index in [1.165, 1.54) is 0 Å². The van der Waals surface area contributed by atoms with E-state index in [1.807, 2.05) is 11.8 Å². The van der Waals surface area contributed by atoms with Gasteiger partial charge in [-0.1, -0.05) is 30.7 Å². The molecule has 1 aliphatic rings. The predicted molar refractivity (Wildman–Crippen MR) is 135 cm³/mol. The van der Waals surface area contributed by atoms with Crippen LogP contribution in [0.4, 0.5) is 0 Å². The fourth-order valence-corrected chi connectivity index (χ4v) is 6.05. The van der Waals surface area contributed by atoms with Gasteiger partial charge in [0.25, 0.3) is 0 Å². The SMILES string of the molecule is CCN(Cc1nc[nH]c1C)C1CCN(C(=O)CCS(=O)(=O)c2ccc3cc(Cl)ccc3c2)CC1. The number of hydrogen-bond acceptors (Lipinski definition) is 5. The smallest absolute Gasteiger partial charge is 0.223 e. The van der Waals surface area contributed by atoms with E-state index in [9.17, 15) is 13.2 Å². The standard InChI is InChI=1S/C25H31ClN4O3S/c1-3-29(16-24-18(2)27-17-28-24)22-8-11-30(12-9-22)25(31)10-13-34(32,33)23-7-5-19-14-21(26)6-4-20(19)15-23/h4-7,14-15,17,22H,3,8-13,16H2,1-2H3,(H,27,28). The zero-order valence-electron chi connectivity index (χ0n) is 19.6. The second-order valence-electron chi connectivity index (χ2n) is 8.87. The quantitative estimate of drug-likeness (QED) is 0.499. The van der Waals surface area contributed by atoms with Crippen LogP contribution in [-0.2, 0) is 21.2 Å². The molecule has 1 amide bonds. The lowest BCUT2D eigenvalue weighted by Gasteiger charge is -2.38. The molecule has 0 unspecified atom stereocenters. The Hall–Kier alpha value is -2.42. The summed E-state index contributed by atoms with van der Waals surface area (Å²) >= 11 is 6.01. The van der Waals surface area contributed by atoms with Gasteiger partial charge in [-0.3, -0.25) is 9.69 Å². The number of benzene rings is 2. The molecule has 1 fully saturated rings. The van der Waals surface area contributed by atoms with Crippen molar-refractivity contribution in [2.24, 2.45) is 0 Å². The van der Waals surface area contributed by atoms with Crippen LogP contribution < -0.4 is 0 Å². The Morgan fingerprint density at radius 2 is 1.88 bits per heavy atom. The van der Waals surface area contributed by atoms with Crippen molar-refractivity contribution in [3.8, 4) is 0 Å². The highest BCUT2D eigenvalue weighted by atomic mass is 35.5. The molecule has 1 aromatic heterocycles. The summed E-state index contributed by atoms with van der Waals surface area (Å²) < 4.78 is 25.8. The highest BCUT2D eigenvalue weighted by Gasteiger charge is 2.28. The van der Waals surface area contributed by atoms with Crippen LogP contribution >= 0.6 is 11.6 Å². The first-order valence-corrected chi connectivity index (χ1v) is 13.7. The minimum atomic E-state index is -3.56. The molecule has 182 valence electrons. The molecule has 0 spiro atoms. The molecule has 0 saturated carbocycles. The molecule has 2 heterocycles. The van der Waals surface area contributed by atoms with Gasteiger partial charge in [0.05, 0.1) is 22.7 Å². The zero-order valence-corrected chi connectivity index (χ0v) is 21.2. The summed E-state index contributed by atoms with van der Waals surface area (Å²) in [5.41, 5.74) is 2.14. The third-order valence-corrected chi connectivity index (χ3v) is 8.69. The van der Waals surface area contributed by atoms with Crippen LogP contribution in [0.3, 0.4) is 0 Å². The topological polar surface area (TPSA) is 86.4 Å². The first kappa shape index (κ1) is 24.7. The number of H-pyrrole nitrogens is 1. The minimum absolute atomic E-state index is 0.00435. The lowest BCUT2D eigenvalue weighted by molar-refractivity contribution is -0.132. The lowest BCUT2D eigenvalue weighted by atomic mass is 10.0. The number of aryl methyl sites for hydroxylation is 1. The summed E-state index contributed by atoms with van der Waals surface area (Å²) in [4.78, 5) is 24.8. The number of carbonyl (C=O) groups excluding carboxylic acids is 1. The van der Waals surface area contributed by atoms with Crippen LogP contribution in [0.2, 0.25) is 5.02 Å². The number of likely N-dealkylation sites (tertiary alicyclic amines) is 1. The van der Waals surface area contributed by atoms with E-state index in [0.717, 1.165) is 48.1 Å². The maximum atomic E-state index is 12.9. The molecule has 4 rings (SSSR count). The molecule has 1 saturated heterocycles. The number of amides is 1. The predicted octanol–water partition coefficient (Wildman–Crippen LogP) is 4.20. The van der Waals surface area contributed by atoms with Gasteiger partial charge in [0, 0.05) is 42.8 Å². The number of rotatable bonds is 8. The van der Waals surface area contributed by atoms with Gasteiger partial charge in [-0.05, 0) is 61.3 Å². The summed E-state index contributed by atoms with van der Waals surface area (Å²) in [5, 5.41) is 2.30. The number of piperidine rings is 1. The van der Waals surface area contributed by atoms with Crippen molar-refractivity contribution in [2.45, 2.75) is 50.6 Å². The normalized spacial score (nSPS) is 15.4. The largest absolute Gasteiger partial charge is 0.348 e. The first-order chi connectivity index (χ1) is 16.3. The average Bonchev–Trinajstić information content (AvgIpc) is 3.25. The molecule has 0 radical (unpaired) electrons. The van der Waals surface area contributed by atoms with E-state index in [1.54, 1.807) is 42.7 Å². The van der Waals surface area contributed by atoms with Crippen LogP contribution in [0.5, 0.6) is 0 Å². The number of sulfone groups is 1. The van der Waals surface area contributed by atoms with Crippen LogP contribution in [-0.4, -0.2) is 65.5 Å². The van der Waals surface area contributed by atoms with Gasteiger partial charge >= 0.3 is 0 Å². The lowest BCUT2D eigenvalue weighted by Crippen LogP contribution is -2.46. The van der Waals surface area contributed by atoms with Crippen molar-refractivity contribution in [3.63, 3.8) is 0 Å². The number of hydrogen-bond donors (Lipinski definition) is 1. The molecule has 3 aromatic rings. The maximum Gasteiger partial charge on any atom is 0.223 e. The van der Waals surface area contributed by atoms with E-state index in [0.29, 0.717) is 24.2 Å². The van der Waals surface area contributed by atoms with E-state index < -0.39 is 9.84 Å². The number of aromatic nitrogens is 2. The highest BCUT2D eigenvalue weighted by molar-refractivity contribution is 7.91. The Kier molecular flexibility index (Phi) is 7.60. The molecule has 9 heteroatoms. The summed E-state index contributed by atoms with van der Waals surface area (Å²) in [5.74, 6) is -0.287. The number of halogens is 1. The maximum absolute atomic E-state index is 12.9. The fourth-order valence-electron chi connectivity index (χ4n) is 4.60. The Balaban J connectivity index is 1.31. The molecular formula is C25H31ClN4O3S.